The molecule has 33 heteroatoms. The summed E-state index contributed by atoms with van der Waals surface area (Å²) in [6, 6.07) is 0.945. The number of thiol groups is 2. The van der Waals surface area contributed by atoms with Gasteiger partial charge in [0, 0.05) is 37.0 Å². The van der Waals surface area contributed by atoms with E-state index in [1.54, 1.807) is 6.26 Å². The molecule has 0 fully saturated rings. The Hall–Kier alpha value is -9.08. The number of carbonyl (C=O) groups is 12. The first-order valence-electron chi connectivity index (χ1n) is 26.9. The van der Waals surface area contributed by atoms with Crippen molar-refractivity contribution in [3.63, 3.8) is 0 Å². The molecule has 1 heterocycles. The van der Waals surface area contributed by atoms with E-state index in [4.69, 9.17) is 5.73 Å². The maximum absolute atomic E-state index is 14.4. The van der Waals surface area contributed by atoms with E-state index in [1.165, 1.54) is 104 Å². The Morgan fingerprint density at radius 1 is 0.477 bits per heavy atom. The minimum atomic E-state index is -1.88. The van der Waals surface area contributed by atoms with Gasteiger partial charge in [-0.3, -0.25) is 52.7 Å². The molecule has 0 spiro atoms. The number of benzene rings is 3. The highest BCUT2D eigenvalue weighted by molar-refractivity contribution is 7.98. The number of aromatic hydroxyl groups is 3. The summed E-state index contributed by atoms with van der Waals surface area (Å²) >= 11 is 9.70. The van der Waals surface area contributed by atoms with Gasteiger partial charge in [0.25, 0.3) is 0 Å². The van der Waals surface area contributed by atoms with Crippen LogP contribution in [0, 0.1) is 0 Å². The molecule has 0 saturated carbocycles. The molecule has 0 aliphatic carbocycles. The molecule has 0 saturated heterocycles. The number of amides is 9. The number of rotatable bonds is 36. The van der Waals surface area contributed by atoms with Gasteiger partial charge in [-0.25, -0.2) is 9.78 Å². The molecule has 1 aromatic heterocycles. The van der Waals surface area contributed by atoms with Gasteiger partial charge in [-0.1, -0.05) is 36.4 Å². The Morgan fingerprint density at radius 2 is 0.830 bits per heavy atom. The highest BCUT2D eigenvalue weighted by atomic mass is 32.2. The molecule has 4 rings (SSSR count). The number of nitrogens with one attached hydrogen (secondary N) is 10. The van der Waals surface area contributed by atoms with Gasteiger partial charge in [0.05, 0.1) is 30.9 Å². The molecule has 9 amide bonds. The van der Waals surface area contributed by atoms with Crippen LogP contribution in [0.3, 0.4) is 0 Å². The molecular formula is C55H70N12O18S3. The Balaban J connectivity index is 1.50. The van der Waals surface area contributed by atoms with Crippen LogP contribution in [-0.2, 0) is 83.2 Å². The monoisotopic (exact) mass is 1280 g/mol. The number of hydrogen-bond donors (Lipinski definition) is 19. The van der Waals surface area contributed by atoms with E-state index >= 15 is 0 Å². The normalized spacial score (nSPS) is 14.4. The summed E-state index contributed by atoms with van der Waals surface area (Å²) in [5.74, 6) is -14.8. The van der Waals surface area contributed by atoms with Crippen LogP contribution in [0.4, 0.5) is 0 Å². The lowest BCUT2D eigenvalue weighted by atomic mass is 10.0. The summed E-state index contributed by atoms with van der Waals surface area (Å²) in [5, 5.41) is 79.7. The van der Waals surface area contributed by atoms with E-state index in [0.717, 1.165) is 0 Å². The fourth-order valence-corrected chi connectivity index (χ4v) is 9.18. The summed E-state index contributed by atoms with van der Waals surface area (Å²) < 4.78 is 0. The molecule has 88 heavy (non-hydrogen) atoms. The zero-order valence-electron chi connectivity index (χ0n) is 47.3. The molecule has 30 nitrogen and oxygen atoms in total. The molecule has 18 N–H and O–H groups in total. The van der Waals surface area contributed by atoms with Crippen LogP contribution < -0.4 is 53.6 Å². The van der Waals surface area contributed by atoms with Gasteiger partial charge in [-0.05, 0) is 84.9 Å². The third-order valence-electron chi connectivity index (χ3n) is 13.0. The van der Waals surface area contributed by atoms with Gasteiger partial charge in [0.15, 0.2) is 0 Å². The maximum Gasteiger partial charge on any atom is 0.326 e. The van der Waals surface area contributed by atoms with Crippen LogP contribution in [0.15, 0.2) is 85.3 Å². The number of H-pyrrole nitrogens is 1. The van der Waals surface area contributed by atoms with Crippen molar-refractivity contribution in [2.45, 2.75) is 112 Å². The summed E-state index contributed by atoms with van der Waals surface area (Å²) in [6.07, 6.45) is 1.33. The van der Waals surface area contributed by atoms with E-state index in [0.29, 0.717) is 16.7 Å². The quantitative estimate of drug-likeness (QED) is 0.0204. The number of thioether (sulfide) groups is 1. The summed E-state index contributed by atoms with van der Waals surface area (Å²) in [5.41, 5.74) is 7.64. The van der Waals surface area contributed by atoms with Gasteiger partial charge < -0.3 is 89.2 Å². The van der Waals surface area contributed by atoms with Crippen molar-refractivity contribution in [1.82, 2.24) is 57.8 Å². The first kappa shape index (κ1) is 71.4. The fraction of sp³-hybridized carbons (Fsp3) is 0.400. The lowest BCUT2D eigenvalue weighted by molar-refractivity contribution is -0.143. The van der Waals surface area contributed by atoms with E-state index in [2.05, 4.69) is 83.1 Å². The van der Waals surface area contributed by atoms with Gasteiger partial charge >= 0.3 is 17.9 Å². The van der Waals surface area contributed by atoms with Gasteiger partial charge in [-0.2, -0.15) is 37.0 Å². The number of imidazole rings is 1. The predicted molar refractivity (Wildman–Crippen MR) is 322 cm³/mol. The van der Waals surface area contributed by atoms with Crippen LogP contribution in [0.2, 0.25) is 0 Å². The third-order valence-corrected chi connectivity index (χ3v) is 14.4. The maximum atomic E-state index is 14.4. The second-order valence-electron chi connectivity index (χ2n) is 19.9. The second kappa shape index (κ2) is 35.5. The number of aromatic nitrogens is 2. The highest BCUT2D eigenvalue weighted by Crippen LogP contribution is 2.16. The van der Waals surface area contributed by atoms with Crippen molar-refractivity contribution < 1.29 is 88.2 Å². The molecule has 0 bridgehead atoms. The first-order chi connectivity index (χ1) is 41.7. The second-order valence-corrected chi connectivity index (χ2v) is 21.6. The number of nitrogens with zero attached hydrogens (tertiary/aromatic N) is 1. The lowest BCUT2D eigenvalue weighted by Crippen LogP contribution is -2.61. The molecule has 476 valence electrons. The Labute approximate surface area is 518 Å². The number of aliphatic carboxylic acids is 3. The number of hydrogen-bond acceptors (Lipinski definition) is 20. The number of phenolic OH excluding ortho intramolecular Hbond substituents is 3. The fourth-order valence-electron chi connectivity index (χ4n) is 8.19. The van der Waals surface area contributed by atoms with Crippen LogP contribution >= 0.6 is 37.0 Å². The summed E-state index contributed by atoms with van der Waals surface area (Å²) in [6.45, 7) is 1.17. The van der Waals surface area contributed by atoms with E-state index in [1.807, 2.05) is 0 Å². The van der Waals surface area contributed by atoms with E-state index in [9.17, 15) is 88.2 Å². The van der Waals surface area contributed by atoms with Crippen molar-refractivity contribution in [3.8, 4) is 17.2 Å². The van der Waals surface area contributed by atoms with E-state index in [-0.39, 0.29) is 60.8 Å². The Kier molecular flexibility index (Phi) is 28.8. The third kappa shape index (κ3) is 24.0. The molecule has 0 radical (unpaired) electrons. The minimum Gasteiger partial charge on any atom is -0.508 e. The van der Waals surface area contributed by atoms with Crippen molar-refractivity contribution >= 4 is 108 Å². The number of nitrogens with two attached hydrogens (primary N) is 1. The zero-order chi connectivity index (χ0) is 65.2. The number of phenols is 3. The Bertz CT molecular complexity index is 3070. The molecular weight excluding hydrogens is 1210 g/mol. The standard InChI is InChI=1S/C55H70N12O18S3/c1-27(46(75)65-41(55(84)85)19-30-7-13-34(70)14-8-30)59-49(78)39(21-44(71)72)64-54(83)42(24-86)66-48(77)36(15-16-88-2)60-50(79)37(18-29-5-11-33(69)12-6-29)62-53(82)43(25-87)67-51(80)38(20-31-23-57-26-58-31)63-52(81)40(22-45(73)74)61-47(76)35(56)17-28-3-9-32(68)10-4-28/h3-14,23,26-27,35-43,68-70,86-87H,15-22,24-25,56H2,1-2H3,(H,57,58)(H,59,78)(H,60,79)(H,61,76)(H,62,82)(H,63,81)(H,64,83)(H,65,75)(H,66,77)(H,67,80)(H,71,72)(H,73,74)(H,84,85)/t27-,35-,36-,37-,38-,39+,40-,41-,42-,43-/m0/s1. The molecule has 0 aliphatic rings. The molecule has 0 aliphatic heterocycles. The summed E-state index contributed by atoms with van der Waals surface area (Å²) in [7, 11) is 0. The lowest BCUT2D eigenvalue weighted by Gasteiger charge is -2.27. The molecule has 4 aromatic rings. The van der Waals surface area contributed by atoms with Crippen LogP contribution in [0.1, 0.15) is 48.6 Å². The van der Waals surface area contributed by atoms with Crippen LogP contribution in [0.25, 0.3) is 0 Å². The van der Waals surface area contributed by atoms with Crippen molar-refractivity contribution in [2.75, 3.05) is 23.5 Å². The SMILES string of the molecule is CSCC[C@H](NC(=O)[C@H](Cc1ccc(O)cc1)NC(=O)[C@H](CS)NC(=O)[C@H](Cc1c[nH]cn1)NC(=O)[C@H](CC(=O)O)NC(=O)[C@@H](N)Cc1ccc(O)cc1)C(=O)N[C@@H](CS)C(=O)N[C@H](CC(=O)O)C(=O)N[C@@H](C)C(=O)N[C@@H](Cc1ccc(O)cc1)C(=O)O. The first-order valence-corrected chi connectivity index (χ1v) is 29.5. The predicted octanol–water partition coefficient (Wildman–Crippen LogP) is -2.85. The van der Waals surface area contributed by atoms with Gasteiger partial charge in [0.2, 0.25) is 53.2 Å². The topological polar surface area (TPSA) is 489 Å². The number of aromatic amines is 1. The average Bonchev–Trinajstić information content (AvgIpc) is 4.10. The van der Waals surface area contributed by atoms with Crippen molar-refractivity contribution in [2.24, 2.45) is 5.73 Å². The number of carboxylic acid groups (broad SMARTS) is 3. The molecule has 0 unspecified atom stereocenters. The van der Waals surface area contributed by atoms with Gasteiger partial charge in [-0.15, -0.1) is 0 Å². The highest BCUT2D eigenvalue weighted by Gasteiger charge is 2.36. The largest absolute Gasteiger partial charge is 0.508 e. The van der Waals surface area contributed by atoms with Crippen LogP contribution in [-0.4, -0.2) is 196 Å². The van der Waals surface area contributed by atoms with Crippen LogP contribution in [0.5, 0.6) is 17.2 Å². The summed E-state index contributed by atoms with van der Waals surface area (Å²) in [4.78, 5) is 167. The van der Waals surface area contributed by atoms with E-state index < -0.39 is 156 Å². The van der Waals surface area contributed by atoms with Crippen molar-refractivity contribution in [3.05, 3.63) is 108 Å². The minimum absolute atomic E-state index is 0.0432. The molecule has 3 aromatic carbocycles. The zero-order valence-corrected chi connectivity index (χ0v) is 49.9. The average molecular weight is 1280 g/mol. The molecule has 10 atom stereocenters. The smallest absolute Gasteiger partial charge is 0.326 e. The Morgan fingerprint density at radius 3 is 1.25 bits per heavy atom. The van der Waals surface area contributed by atoms with Crippen molar-refractivity contribution in [1.29, 1.82) is 0 Å². The number of carbonyl (C=O) groups excluding carboxylic acids is 9. The number of carboxylic acids is 3. The van der Waals surface area contributed by atoms with Gasteiger partial charge in [0.1, 0.15) is 71.6 Å².